The third-order valence-electron chi connectivity index (χ3n) is 5.55. The van der Waals surface area contributed by atoms with Crippen molar-refractivity contribution in [1.29, 1.82) is 0 Å². The van der Waals surface area contributed by atoms with Gasteiger partial charge in [-0.1, -0.05) is 29.5 Å². The van der Waals surface area contributed by atoms with E-state index in [2.05, 4.69) is 0 Å². The van der Waals surface area contributed by atoms with Crippen LogP contribution in [0.3, 0.4) is 0 Å². The highest BCUT2D eigenvalue weighted by molar-refractivity contribution is 7.91. The molecule has 1 amide bonds. The summed E-state index contributed by atoms with van der Waals surface area (Å²) in [5.41, 5.74) is 1.87. The van der Waals surface area contributed by atoms with Crippen LogP contribution in [0.25, 0.3) is 10.2 Å². The molecule has 166 valence electrons. The number of thiophene rings is 1. The zero-order valence-electron chi connectivity index (χ0n) is 17.3. The van der Waals surface area contributed by atoms with E-state index in [1.807, 2.05) is 25.1 Å². The molecule has 1 unspecified atom stereocenters. The summed E-state index contributed by atoms with van der Waals surface area (Å²) in [6.07, 6.45) is 2.67. The minimum atomic E-state index is -3.73. The number of carbonyl (C=O) groups excluding carboxylic acids is 1. The van der Waals surface area contributed by atoms with E-state index in [0.717, 1.165) is 27.1 Å². The number of amides is 1. The fourth-order valence-corrected chi connectivity index (χ4v) is 7.79. The Morgan fingerprint density at radius 1 is 1.25 bits per heavy atom. The molecule has 0 bridgehead atoms. The van der Waals surface area contributed by atoms with E-state index in [1.165, 1.54) is 15.6 Å². The smallest absolute Gasteiger partial charge is 0.253 e. The Morgan fingerprint density at radius 3 is 2.84 bits per heavy atom. The summed E-state index contributed by atoms with van der Waals surface area (Å²) >= 11 is 2.59. The number of para-hydroxylation sites is 1. The fraction of sp³-hybridized carbons (Fsp3) is 0.273. The number of sulfonamides is 1. The fourth-order valence-electron chi connectivity index (χ4n) is 3.97. The minimum absolute atomic E-state index is 0.189. The van der Waals surface area contributed by atoms with Crippen LogP contribution < -0.4 is 4.90 Å². The van der Waals surface area contributed by atoms with Gasteiger partial charge in [-0.05, 0) is 55.0 Å². The molecule has 1 aromatic carbocycles. The van der Waals surface area contributed by atoms with Crippen molar-refractivity contribution < 1.29 is 17.6 Å². The third kappa shape index (κ3) is 3.77. The Labute approximate surface area is 194 Å². The van der Waals surface area contributed by atoms with Gasteiger partial charge in [0, 0.05) is 6.54 Å². The zero-order valence-corrected chi connectivity index (χ0v) is 19.8. The number of fused-ring (bicyclic) bond motifs is 1. The molecule has 1 saturated heterocycles. The van der Waals surface area contributed by atoms with Crippen LogP contribution in [-0.2, 0) is 21.4 Å². The number of thiazole rings is 1. The van der Waals surface area contributed by atoms with E-state index in [0.29, 0.717) is 30.3 Å². The second kappa shape index (κ2) is 8.43. The summed E-state index contributed by atoms with van der Waals surface area (Å²) < 4.78 is 34.5. The monoisotopic (exact) mass is 487 g/mol. The van der Waals surface area contributed by atoms with Gasteiger partial charge in [0.1, 0.15) is 16.0 Å². The largest absolute Gasteiger partial charge is 0.467 e. The van der Waals surface area contributed by atoms with Crippen LogP contribution >= 0.6 is 22.7 Å². The molecule has 0 N–H and O–H groups in total. The predicted octanol–water partition coefficient (Wildman–Crippen LogP) is 4.65. The number of hydrogen-bond acceptors (Lipinski definition) is 7. The lowest BCUT2D eigenvalue weighted by molar-refractivity contribution is -0.121. The van der Waals surface area contributed by atoms with E-state index in [4.69, 9.17) is 9.40 Å². The Hall–Kier alpha value is -2.53. The van der Waals surface area contributed by atoms with Gasteiger partial charge in [-0.25, -0.2) is 13.4 Å². The molecule has 1 atom stereocenters. The first-order valence-electron chi connectivity index (χ1n) is 10.2. The van der Waals surface area contributed by atoms with Crippen molar-refractivity contribution in [3.05, 3.63) is 65.4 Å². The molecule has 1 aliphatic heterocycles. The number of anilines is 1. The van der Waals surface area contributed by atoms with Gasteiger partial charge in [-0.3, -0.25) is 9.69 Å². The molecule has 0 radical (unpaired) electrons. The van der Waals surface area contributed by atoms with Crippen LogP contribution in [0.15, 0.2) is 62.7 Å². The molecule has 4 aromatic rings. The Balaban J connectivity index is 1.53. The van der Waals surface area contributed by atoms with Crippen LogP contribution in [0.1, 0.15) is 24.2 Å². The zero-order chi connectivity index (χ0) is 22.3. The molecule has 0 saturated carbocycles. The van der Waals surface area contributed by atoms with Crippen molar-refractivity contribution in [1.82, 2.24) is 9.29 Å². The van der Waals surface area contributed by atoms with Gasteiger partial charge in [0.15, 0.2) is 5.13 Å². The molecule has 1 fully saturated rings. The molecule has 5 rings (SSSR count). The topological polar surface area (TPSA) is 83.7 Å². The van der Waals surface area contributed by atoms with Gasteiger partial charge >= 0.3 is 0 Å². The van der Waals surface area contributed by atoms with Crippen LogP contribution in [0.5, 0.6) is 0 Å². The lowest BCUT2D eigenvalue weighted by Crippen LogP contribution is -2.47. The standard InChI is InChI=1S/C22H21N3O4S3/c1-15-6-2-9-18-20(15)23-22(31-18)24(14-16-7-4-12-29-16)21(26)17-8-3-11-25(17)32(27,28)19-10-5-13-30-19/h2,4-7,9-10,12-13,17H,3,8,11,14H2,1H3. The SMILES string of the molecule is Cc1cccc2sc(N(Cc3ccco3)C(=O)C3CCCN3S(=O)(=O)c3cccs3)nc12. The number of nitrogens with zero attached hydrogens (tertiary/aromatic N) is 3. The first-order valence-corrected chi connectivity index (χ1v) is 13.3. The molecule has 10 heteroatoms. The molecule has 0 aliphatic carbocycles. The van der Waals surface area contributed by atoms with Gasteiger partial charge in [0.2, 0.25) is 5.91 Å². The molecule has 32 heavy (non-hydrogen) atoms. The van der Waals surface area contributed by atoms with Crippen molar-refractivity contribution in [2.45, 2.75) is 36.6 Å². The maximum atomic E-state index is 13.8. The molecule has 3 aromatic heterocycles. The summed E-state index contributed by atoms with van der Waals surface area (Å²) in [5, 5.41) is 2.27. The maximum Gasteiger partial charge on any atom is 0.253 e. The van der Waals surface area contributed by atoms with Gasteiger partial charge in [0.25, 0.3) is 10.0 Å². The Kier molecular flexibility index (Phi) is 5.62. The van der Waals surface area contributed by atoms with Gasteiger partial charge in [-0.15, -0.1) is 11.3 Å². The number of aryl methyl sites for hydroxylation is 1. The van der Waals surface area contributed by atoms with Crippen LogP contribution in [0.4, 0.5) is 5.13 Å². The summed E-state index contributed by atoms with van der Waals surface area (Å²) in [5.74, 6) is 0.329. The molecular formula is C22H21N3O4S3. The third-order valence-corrected chi connectivity index (χ3v) is 9.87. The van der Waals surface area contributed by atoms with Crippen molar-refractivity contribution in [3.63, 3.8) is 0 Å². The summed E-state index contributed by atoms with van der Waals surface area (Å²) in [6.45, 7) is 2.50. The lowest BCUT2D eigenvalue weighted by atomic mass is 10.2. The number of hydrogen-bond donors (Lipinski definition) is 0. The predicted molar refractivity (Wildman–Crippen MR) is 125 cm³/mol. The highest BCUT2D eigenvalue weighted by Crippen LogP contribution is 2.35. The number of rotatable bonds is 6. The van der Waals surface area contributed by atoms with Crippen molar-refractivity contribution in [3.8, 4) is 0 Å². The molecule has 7 nitrogen and oxygen atoms in total. The lowest BCUT2D eigenvalue weighted by Gasteiger charge is -2.27. The second-order valence-corrected chi connectivity index (χ2v) is 11.7. The summed E-state index contributed by atoms with van der Waals surface area (Å²) in [7, 11) is -3.73. The Morgan fingerprint density at radius 2 is 2.12 bits per heavy atom. The van der Waals surface area contributed by atoms with E-state index < -0.39 is 16.1 Å². The van der Waals surface area contributed by atoms with E-state index in [1.54, 1.807) is 40.8 Å². The van der Waals surface area contributed by atoms with Gasteiger partial charge in [-0.2, -0.15) is 4.31 Å². The number of benzene rings is 1. The highest BCUT2D eigenvalue weighted by Gasteiger charge is 2.42. The number of carbonyl (C=O) groups is 1. The average molecular weight is 488 g/mol. The summed E-state index contributed by atoms with van der Waals surface area (Å²) in [4.78, 5) is 20.1. The van der Waals surface area contributed by atoms with E-state index >= 15 is 0 Å². The van der Waals surface area contributed by atoms with Gasteiger partial charge in [0.05, 0.1) is 23.0 Å². The van der Waals surface area contributed by atoms with Crippen molar-refractivity contribution in [2.75, 3.05) is 11.4 Å². The number of furan rings is 1. The van der Waals surface area contributed by atoms with Gasteiger partial charge < -0.3 is 4.42 Å². The normalized spacial score (nSPS) is 17.2. The molecule has 4 heterocycles. The van der Waals surface area contributed by atoms with Crippen LogP contribution in [0.2, 0.25) is 0 Å². The number of aromatic nitrogens is 1. The first kappa shape index (κ1) is 21.3. The maximum absolute atomic E-state index is 13.8. The highest BCUT2D eigenvalue weighted by atomic mass is 32.2. The minimum Gasteiger partial charge on any atom is -0.467 e. The first-order chi connectivity index (χ1) is 15.4. The van der Waals surface area contributed by atoms with Crippen molar-refractivity contribution in [2.24, 2.45) is 0 Å². The second-order valence-electron chi connectivity index (χ2n) is 7.63. The summed E-state index contributed by atoms with van der Waals surface area (Å²) in [6, 6.07) is 12.0. The molecule has 0 spiro atoms. The molecule has 1 aliphatic rings. The Bertz CT molecular complexity index is 1340. The van der Waals surface area contributed by atoms with Crippen LogP contribution in [-0.4, -0.2) is 36.2 Å². The van der Waals surface area contributed by atoms with Crippen LogP contribution in [0, 0.1) is 6.92 Å². The van der Waals surface area contributed by atoms with E-state index in [9.17, 15) is 13.2 Å². The average Bonchev–Trinajstić information content (AvgIpc) is 3.57. The molecular weight excluding hydrogens is 466 g/mol. The van der Waals surface area contributed by atoms with E-state index in [-0.39, 0.29) is 16.7 Å². The van der Waals surface area contributed by atoms with Crippen molar-refractivity contribution >= 4 is 54.0 Å². The quantitative estimate of drug-likeness (QED) is 0.395.